The lowest BCUT2D eigenvalue weighted by molar-refractivity contribution is -0.109. The van der Waals surface area contributed by atoms with Crippen LogP contribution < -0.4 is 18.9 Å². The molecule has 5 heteroatoms. The summed E-state index contributed by atoms with van der Waals surface area (Å²) in [6.07, 6.45) is 2.41. The molecule has 2 rings (SSSR count). The molecule has 0 fully saturated rings. The van der Waals surface area contributed by atoms with E-state index in [9.17, 15) is 4.79 Å². The van der Waals surface area contributed by atoms with E-state index in [0.717, 1.165) is 23.8 Å². The molecule has 0 N–H and O–H groups in total. The minimum atomic E-state index is -0.215. The van der Waals surface area contributed by atoms with E-state index in [1.807, 2.05) is 36.4 Å². The van der Waals surface area contributed by atoms with Crippen molar-refractivity contribution < 1.29 is 23.7 Å². The fourth-order valence-corrected chi connectivity index (χ4v) is 2.76. The van der Waals surface area contributed by atoms with Gasteiger partial charge in [-0.25, -0.2) is 0 Å². The van der Waals surface area contributed by atoms with Gasteiger partial charge in [0.2, 0.25) is 0 Å². The first-order chi connectivity index (χ1) is 12.2. The summed E-state index contributed by atoms with van der Waals surface area (Å²) in [5.74, 6) is 2.44. The van der Waals surface area contributed by atoms with Crippen molar-refractivity contribution in [1.82, 2.24) is 0 Å². The molecule has 0 radical (unpaired) electrons. The molecular formula is C20H24O5. The lowest BCUT2D eigenvalue weighted by Gasteiger charge is -2.15. The summed E-state index contributed by atoms with van der Waals surface area (Å²) >= 11 is 0. The Kier molecular flexibility index (Phi) is 6.69. The molecule has 0 aliphatic rings. The number of benzene rings is 2. The van der Waals surface area contributed by atoms with Gasteiger partial charge in [-0.05, 0) is 48.2 Å². The smallest absolute Gasteiger partial charge is 0.161 e. The van der Waals surface area contributed by atoms with Gasteiger partial charge in [0, 0.05) is 5.92 Å². The maximum atomic E-state index is 11.6. The molecule has 0 heterocycles. The van der Waals surface area contributed by atoms with Gasteiger partial charge in [0.1, 0.15) is 6.29 Å². The molecule has 1 atom stereocenters. The molecule has 0 saturated heterocycles. The van der Waals surface area contributed by atoms with Crippen molar-refractivity contribution in [3.8, 4) is 23.0 Å². The number of ether oxygens (including phenoxy) is 4. The molecule has 0 amide bonds. The second-order valence-electron chi connectivity index (χ2n) is 5.59. The molecule has 2 aromatic carbocycles. The number of aryl methyl sites for hydroxylation is 1. The van der Waals surface area contributed by atoms with E-state index in [0.29, 0.717) is 29.4 Å². The van der Waals surface area contributed by atoms with Gasteiger partial charge in [-0.2, -0.15) is 0 Å². The van der Waals surface area contributed by atoms with Gasteiger partial charge < -0.3 is 23.7 Å². The number of rotatable bonds is 9. The topological polar surface area (TPSA) is 54.0 Å². The highest BCUT2D eigenvalue weighted by Gasteiger charge is 2.14. The Morgan fingerprint density at radius 2 is 1.36 bits per heavy atom. The minimum Gasteiger partial charge on any atom is -0.493 e. The van der Waals surface area contributed by atoms with Crippen LogP contribution in [0, 0.1) is 0 Å². The maximum absolute atomic E-state index is 11.6. The van der Waals surface area contributed by atoms with E-state index in [4.69, 9.17) is 18.9 Å². The van der Waals surface area contributed by atoms with Crippen LogP contribution in [-0.2, 0) is 11.2 Å². The molecular weight excluding hydrogens is 320 g/mol. The molecule has 0 aromatic heterocycles. The molecule has 0 aliphatic carbocycles. The van der Waals surface area contributed by atoms with Crippen LogP contribution >= 0.6 is 0 Å². The van der Waals surface area contributed by atoms with E-state index in [2.05, 4.69) is 0 Å². The van der Waals surface area contributed by atoms with Crippen molar-refractivity contribution in [3.05, 3.63) is 47.5 Å². The number of aldehydes is 1. The predicted molar refractivity (Wildman–Crippen MR) is 96.2 cm³/mol. The summed E-state index contributed by atoms with van der Waals surface area (Å²) in [6, 6.07) is 11.4. The lowest BCUT2D eigenvalue weighted by atomic mass is 9.93. The standard InChI is InChI=1S/C20H24O5/c1-22-17-9-6-14(11-19(17)24-3)5-7-16(13-21)15-8-10-18(23-2)20(12-15)25-4/h6,8-13,16H,5,7H2,1-4H3. The zero-order valence-electron chi connectivity index (χ0n) is 15.1. The Labute approximate surface area is 148 Å². The average molecular weight is 344 g/mol. The summed E-state index contributed by atoms with van der Waals surface area (Å²) in [5, 5.41) is 0. The second kappa shape index (κ2) is 8.97. The summed E-state index contributed by atoms with van der Waals surface area (Å²) in [4.78, 5) is 11.6. The summed E-state index contributed by atoms with van der Waals surface area (Å²) < 4.78 is 21.1. The molecule has 0 spiro atoms. The maximum Gasteiger partial charge on any atom is 0.161 e. The van der Waals surface area contributed by atoms with Gasteiger partial charge in [0.25, 0.3) is 0 Å². The molecule has 1 unspecified atom stereocenters. The quantitative estimate of drug-likeness (QED) is 0.650. The highest BCUT2D eigenvalue weighted by Crippen LogP contribution is 2.32. The molecule has 25 heavy (non-hydrogen) atoms. The van der Waals surface area contributed by atoms with E-state index in [-0.39, 0.29) is 5.92 Å². The van der Waals surface area contributed by atoms with Crippen molar-refractivity contribution in [1.29, 1.82) is 0 Å². The van der Waals surface area contributed by atoms with Crippen LogP contribution in [0.15, 0.2) is 36.4 Å². The van der Waals surface area contributed by atoms with Crippen LogP contribution in [0.1, 0.15) is 23.5 Å². The van der Waals surface area contributed by atoms with E-state index < -0.39 is 0 Å². The number of carbonyl (C=O) groups excluding carboxylic acids is 1. The molecule has 2 aromatic rings. The first-order valence-electron chi connectivity index (χ1n) is 8.05. The third-order valence-electron chi connectivity index (χ3n) is 4.19. The summed E-state index contributed by atoms with van der Waals surface area (Å²) in [5.41, 5.74) is 2.00. The predicted octanol–water partition coefficient (Wildman–Crippen LogP) is 3.64. The first kappa shape index (κ1) is 18.6. The largest absolute Gasteiger partial charge is 0.493 e. The molecule has 0 aliphatic heterocycles. The van der Waals surface area contributed by atoms with E-state index in [1.165, 1.54) is 0 Å². The van der Waals surface area contributed by atoms with Gasteiger partial charge in [-0.3, -0.25) is 0 Å². The zero-order valence-corrected chi connectivity index (χ0v) is 15.1. The first-order valence-corrected chi connectivity index (χ1v) is 8.05. The number of methoxy groups -OCH3 is 4. The highest BCUT2D eigenvalue weighted by atomic mass is 16.5. The fourth-order valence-electron chi connectivity index (χ4n) is 2.76. The fraction of sp³-hybridized carbons (Fsp3) is 0.350. The Morgan fingerprint density at radius 1 is 0.800 bits per heavy atom. The van der Waals surface area contributed by atoms with Crippen molar-refractivity contribution >= 4 is 6.29 Å². The normalized spacial score (nSPS) is 11.5. The Balaban J connectivity index is 2.14. The Bertz CT molecular complexity index is 711. The van der Waals surface area contributed by atoms with Crippen LogP contribution in [-0.4, -0.2) is 34.7 Å². The van der Waals surface area contributed by atoms with Crippen LogP contribution in [0.2, 0.25) is 0 Å². The zero-order chi connectivity index (χ0) is 18.2. The van der Waals surface area contributed by atoms with Gasteiger partial charge in [0.05, 0.1) is 28.4 Å². The SMILES string of the molecule is COc1ccc(CCC(C=O)c2ccc(OC)c(OC)c2)cc1OC. The third-order valence-corrected chi connectivity index (χ3v) is 4.19. The second-order valence-corrected chi connectivity index (χ2v) is 5.59. The molecule has 5 nitrogen and oxygen atoms in total. The molecule has 0 bridgehead atoms. The van der Waals surface area contributed by atoms with Crippen LogP contribution in [0.5, 0.6) is 23.0 Å². The van der Waals surface area contributed by atoms with Gasteiger partial charge in [-0.1, -0.05) is 12.1 Å². The van der Waals surface area contributed by atoms with Gasteiger partial charge in [0.15, 0.2) is 23.0 Å². The Hall–Kier alpha value is -2.69. The molecule has 0 saturated carbocycles. The third kappa shape index (κ3) is 4.44. The van der Waals surface area contributed by atoms with E-state index >= 15 is 0 Å². The minimum absolute atomic E-state index is 0.215. The molecule has 134 valence electrons. The van der Waals surface area contributed by atoms with Gasteiger partial charge >= 0.3 is 0 Å². The summed E-state index contributed by atoms with van der Waals surface area (Å²) in [7, 11) is 6.39. The van der Waals surface area contributed by atoms with Crippen LogP contribution in [0.4, 0.5) is 0 Å². The van der Waals surface area contributed by atoms with Crippen molar-refractivity contribution in [2.75, 3.05) is 28.4 Å². The van der Waals surface area contributed by atoms with Crippen molar-refractivity contribution in [3.63, 3.8) is 0 Å². The number of hydrogen-bond donors (Lipinski definition) is 0. The van der Waals surface area contributed by atoms with Crippen LogP contribution in [0.25, 0.3) is 0 Å². The Morgan fingerprint density at radius 3 is 1.92 bits per heavy atom. The van der Waals surface area contributed by atoms with E-state index in [1.54, 1.807) is 28.4 Å². The number of carbonyl (C=O) groups is 1. The summed E-state index contributed by atoms with van der Waals surface area (Å²) in [6.45, 7) is 0. The lowest BCUT2D eigenvalue weighted by Crippen LogP contribution is -2.04. The highest BCUT2D eigenvalue weighted by molar-refractivity contribution is 5.63. The van der Waals surface area contributed by atoms with Gasteiger partial charge in [-0.15, -0.1) is 0 Å². The van der Waals surface area contributed by atoms with Crippen LogP contribution in [0.3, 0.4) is 0 Å². The van der Waals surface area contributed by atoms with Crippen molar-refractivity contribution in [2.45, 2.75) is 18.8 Å². The monoisotopic (exact) mass is 344 g/mol. The number of hydrogen-bond acceptors (Lipinski definition) is 5. The van der Waals surface area contributed by atoms with Crippen molar-refractivity contribution in [2.24, 2.45) is 0 Å². The average Bonchev–Trinajstić information content (AvgIpc) is 2.67.